The smallest absolute Gasteiger partial charge is 0.337 e. The fraction of sp³-hybridized carbons (Fsp3) is 0.0455. The molecule has 0 atom stereocenters. The van der Waals surface area contributed by atoms with Gasteiger partial charge in [-0.2, -0.15) is 0 Å². The summed E-state index contributed by atoms with van der Waals surface area (Å²) in [5, 5.41) is 13.1. The van der Waals surface area contributed by atoms with Crippen molar-refractivity contribution in [2.24, 2.45) is 4.99 Å². The number of furan rings is 1. The predicted molar refractivity (Wildman–Crippen MR) is 123 cm³/mol. The van der Waals surface area contributed by atoms with Gasteiger partial charge in [0.1, 0.15) is 11.5 Å². The monoisotopic (exact) mass is 472 g/mol. The van der Waals surface area contributed by atoms with Crippen LogP contribution in [0.15, 0.2) is 62.8 Å². The van der Waals surface area contributed by atoms with Crippen molar-refractivity contribution in [3.63, 3.8) is 0 Å². The van der Waals surface area contributed by atoms with E-state index in [9.17, 15) is 14.7 Å². The average Bonchev–Trinajstić information content (AvgIpc) is 3.32. The van der Waals surface area contributed by atoms with Gasteiger partial charge in [0.15, 0.2) is 5.17 Å². The Kier molecular flexibility index (Phi) is 5.91. The highest BCUT2D eigenvalue weighted by atomic mass is 35.5. The van der Waals surface area contributed by atoms with E-state index < -0.39 is 5.97 Å². The Hall–Kier alpha value is -3.00. The Balaban J connectivity index is 1.56. The molecule has 1 saturated heterocycles. The zero-order chi connectivity index (χ0) is 22.1. The minimum atomic E-state index is -1.12. The first-order valence-electron chi connectivity index (χ1n) is 8.99. The van der Waals surface area contributed by atoms with Crippen molar-refractivity contribution in [2.75, 3.05) is 0 Å². The molecule has 156 valence electrons. The molecular formula is C22H14Cl2N2O4S. The topological polar surface area (TPSA) is 91.9 Å². The summed E-state index contributed by atoms with van der Waals surface area (Å²) in [5.41, 5.74) is 2.13. The van der Waals surface area contributed by atoms with Gasteiger partial charge in [-0.15, -0.1) is 0 Å². The molecule has 31 heavy (non-hydrogen) atoms. The van der Waals surface area contributed by atoms with Crippen LogP contribution in [0, 0.1) is 6.92 Å². The number of hydrogen-bond acceptors (Lipinski definition) is 5. The van der Waals surface area contributed by atoms with Gasteiger partial charge >= 0.3 is 5.97 Å². The molecule has 1 aliphatic heterocycles. The van der Waals surface area contributed by atoms with Crippen molar-refractivity contribution >= 4 is 63.8 Å². The fourth-order valence-corrected chi connectivity index (χ4v) is 4.00. The first kappa shape index (κ1) is 21.2. The van der Waals surface area contributed by atoms with Gasteiger partial charge in [-0.05, 0) is 66.7 Å². The number of carboxylic acid groups (broad SMARTS) is 1. The first-order chi connectivity index (χ1) is 14.8. The number of amidine groups is 1. The van der Waals surface area contributed by atoms with Crippen LogP contribution in [0.4, 0.5) is 5.69 Å². The van der Waals surface area contributed by atoms with E-state index in [0.29, 0.717) is 37.9 Å². The third-order valence-corrected chi connectivity index (χ3v) is 6.07. The second kappa shape index (κ2) is 8.63. The van der Waals surface area contributed by atoms with E-state index in [-0.39, 0.29) is 16.5 Å². The molecule has 6 nitrogen and oxygen atoms in total. The Morgan fingerprint density at radius 1 is 1.13 bits per heavy atom. The highest BCUT2D eigenvalue weighted by Crippen LogP contribution is 2.32. The number of thioether (sulfide) groups is 1. The molecule has 1 fully saturated rings. The van der Waals surface area contributed by atoms with E-state index in [4.69, 9.17) is 27.6 Å². The predicted octanol–water partition coefficient (Wildman–Crippen LogP) is 6.15. The van der Waals surface area contributed by atoms with E-state index in [2.05, 4.69) is 10.3 Å². The van der Waals surface area contributed by atoms with Gasteiger partial charge in [-0.1, -0.05) is 29.3 Å². The lowest BCUT2D eigenvalue weighted by Crippen LogP contribution is -2.19. The number of nitrogens with zero attached hydrogens (tertiary/aromatic N) is 1. The van der Waals surface area contributed by atoms with Crippen LogP contribution in [0.2, 0.25) is 10.0 Å². The normalized spacial score (nSPS) is 16.2. The number of halogens is 2. The number of carboxylic acids is 1. The molecule has 0 spiro atoms. The third kappa shape index (κ3) is 4.69. The number of aromatic carboxylic acids is 1. The third-order valence-electron chi connectivity index (χ3n) is 4.42. The summed E-state index contributed by atoms with van der Waals surface area (Å²) < 4.78 is 5.77. The second-order valence-electron chi connectivity index (χ2n) is 6.62. The number of amides is 1. The van der Waals surface area contributed by atoms with Gasteiger partial charge in [-0.25, -0.2) is 9.79 Å². The lowest BCUT2D eigenvalue weighted by atomic mass is 10.1. The maximum atomic E-state index is 12.3. The van der Waals surface area contributed by atoms with E-state index in [0.717, 1.165) is 5.56 Å². The number of rotatable bonds is 4. The number of hydrogen-bond donors (Lipinski definition) is 2. The van der Waals surface area contributed by atoms with Crippen molar-refractivity contribution < 1.29 is 19.1 Å². The summed E-state index contributed by atoms with van der Waals surface area (Å²) in [7, 11) is 0. The molecule has 0 saturated carbocycles. The molecule has 2 N–H and O–H groups in total. The zero-order valence-electron chi connectivity index (χ0n) is 16.0. The fourth-order valence-electron chi connectivity index (χ4n) is 2.81. The highest BCUT2D eigenvalue weighted by Gasteiger charge is 2.24. The minimum Gasteiger partial charge on any atom is -0.478 e. The molecule has 2 aromatic carbocycles. The first-order valence-corrected chi connectivity index (χ1v) is 10.6. The number of aliphatic imine (C=N–C) groups is 1. The van der Waals surface area contributed by atoms with Gasteiger partial charge in [0, 0.05) is 16.7 Å². The largest absolute Gasteiger partial charge is 0.478 e. The van der Waals surface area contributed by atoms with Crippen molar-refractivity contribution in [3.05, 3.63) is 80.4 Å². The van der Waals surface area contributed by atoms with E-state index in [1.54, 1.807) is 30.3 Å². The van der Waals surface area contributed by atoms with Crippen LogP contribution in [-0.2, 0) is 4.79 Å². The quantitative estimate of drug-likeness (QED) is 0.444. The SMILES string of the molecule is Cc1ccc(N=C2NC(=O)/C(=C/c3ccc(-c4ccc(Cl)c(C(=O)O)c4)o3)S2)cc1Cl. The zero-order valence-corrected chi connectivity index (χ0v) is 18.3. The highest BCUT2D eigenvalue weighted by molar-refractivity contribution is 8.18. The molecule has 1 aromatic heterocycles. The summed E-state index contributed by atoms with van der Waals surface area (Å²) in [6, 6.07) is 13.4. The standard InChI is InChI=1S/C22H14Cl2N2O4S/c1-11-2-4-13(9-17(11)24)25-22-26-20(27)19(31-22)10-14-5-7-18(30-14)12-3-6-16(23)15(8-12)21(28)29/h2-10H,1H3,(H,28,29)(H,25,26,27)/b19-10-. The number of nitrogens with one attached hydrogen (secondary N) is 1. The van der Waals surface area contributed by atoms with Crippen LogP contribution in [-0.4, -0.2) is 22.2 Å². The molecule has 0 bridgehead atoms. The lowest BCUT2D eigenvalue weighted by molar-refractivity contribution is -0.115. The van der Waals surface area contributed by atoms with Crippen LogP contribution in [0.5, 0.6) is 0 Å². The maximum absolute atomic E-state index is 12.3. The lowest BCUT2D eigenvalue weighted by Gasteiger charge is -2.02. The van der Waals surface area contributed by atoms with Crippen molar-refractivity contribution in [1.82, 2.24) is 5.32 Å². The molecular weight excluding hydrogens is 459 g/mol. The number of benzene rings is 2. The van der Waals surface area contributed by atoms with Crippen LogP contribution in [0.25, 0.3) is 17.4 Å². The van der Waals surface area contributed by atoms with Crippen LogP contribution >= 0.6 is 35.0 Å². The molecule has 1 amide bonds. The molecule has 3 aromatic rings. The minimum absolute atomic E-state index is 0.0155. The van der Waals surface area contributed by atoms with Crippen molar-refractivity contribution in [1.29, 1.82) is 0 Å². The molecule has 0 radical (unpaired) electrons. The molecule has 2 heterocycles. The van der Waals surface area contributed by atoms with Crippen molar-refractivity contribution in [2.45, 2.75) is 6.92 Å². The number of carbonyl (C=O) groups is 2. The Labute approximate surface area is 191 Å². The molecule has 0 aliphatic carbocycles. The van der Waals surface area contributed by atoms with Gasteiger partial charge in [0.25, 0.3) is 5.91 Å². The number of aryl methyl sites for hydroxylation is 1. The van der Waals surface area contributed by atoms with Crippen LogP contribution in [0.3, 0.4) is 0 Å². The summed E-state index contributed by atoms with van der Waals surface area (Å²) in [4.78, 5) is 28.4. The van der Waals surface area contributed by atoms with E-state index in [1.807, 2.05) is 19.1 Å². The number of carbonyl (C=O) groups excluding carboxylic acids is 1. The molecule has 0 unspecified atom stereocenters. The second-order valence-corrected chi connectivity index (χ2v) is 8.46. The molecule has 9 heteroatoms. The Morgan fingerprint density at radius 2 is 1.94 bits per heavy atom. The Morgan fingerprint density at radius 3 is 2.68 bits per heavy atom. The van der Waals surface area contributed by atoms with Crippen LogP contribution < -0.4 is 5.32 Å². The summed E-state index contributed by atoms with van der Waals surface area (Å²) in [6.07, 6.45) is 1.60. The van der Waals surface area contributed by atoms with E-state index >= 15 is 0 Å². The van der Waals surface area contributed by atoms with E-state index in [1.165, 1.54) is 23.9 Å². The molecule has 1 aliphatic rings. The maximum Gasteiger partial charge on any atom is 0.337 e. The van der Waals surface area contributed by atoms with Gasteiger partial charge in [-0.3, -0.25) is 4.79 Å². The summed E-state index contributed by atoms with van der Waals surface area (Å²) in [5.74, 6) is -0.516. The Bertz CT molecular complexity index is 1280. The van der Waals surface area contributed by atoms with Gasteiger partial charge in [0.05, 0.1) is 21.2 Å². The summed E-state index contributed by atoms with van der Waals surface area (Å²) >= 11 is 13.2. The van der Waals surface area contributed by atoms with Crippen molar-refractivity contribution in [3.8, 4) is 11.3 Å². The summed E-state index contributed by atoms with van der Waals surface area (Å²) in [6.45, 7) is 1.90. The van der Waals surface area contributed by atoms with Crippen LogP contribution in [0.1, 0.15) is 21.7 Å². The van der Waals surface area contributed by atoms with Gasteiger partial charge < -0.3 is 14.8 Å². The molecule has 4 rings (SSSR count). The average molecular weight is 473 g/mol. The van der Waals surface area contributed by atoms with Gasteiger partial charge in [0.2, 0.25) is 0 Å².